The molecule has 3 aliphatic rings. The van der Waals surface area contributed by atoms with Crippen LogP contribution in [0.4, 0.5) is 0 Å². The maximum Gasteiger partial charge on any atom is 0.203 e. The van der Waals surface area contributed by atoms with Crippen LogP contribution in [0.25, 0.3) is 0 Å². The van der Waals surface area contributed by atoms with Crippen LogP contribution >= 0.6 is 12.4 Å². The highest BCUT2D eigenvalue weighted by Gasteiger charge is 2.28. The van der Waals surface area contributed by atoms with Gasteiger partial charge in [0.2, 0.25) is 11.6 Å². The molecule has 0 aromatic heterocycles. The first-order valence-corrected chi connectivity index (χ1v) is 10.7. The maximum absolute atomic E-state index is 12.6. The summed E-state index contributed by atoms with van der Waals surface area (Å²) in [5, 5.41) is 6.67. The van der Waals surface area contributed by atoms with E-state index in [9.17, 15) is 9.59 Å². The molecule has 0 unspecified atom stereocenters. The molecule has 0 atom stereocenters. The highest BCUT2D eigenvalue weighted by molar-refractivity contribution is 6.19. The van der Waals surface area contributed by atoms with Crippen LogP contribution in [0.3, 0.4) is 0 Å². The van der Waals surface area contributed by atoms with Gasteiger partial charge in [0.25, 0.3) is 0 Å². The van der Waals surface area contributed by atoms with Gasteiger partial charge in [0.15, 0.2) is 0 Å². The molecule has 0 bridgehead atoms. The summed E-state index contributed by atoms with van der Waals surface area (Å²) < 4.78 is 0. The first kappa shape index (κ1) is 23.9. The second-order valence-corrected chi connectivity index (χ2v) is 9.07. The lowest BCUT2D eigenvalue weighted by atomic mass is 9.89. The lowest BCUT2D eigenvalue weighted by Gasteiger charge is -2.34. The number of carbonyl (C=O) groups is 2. The highest BCUT2D eigenvalue weighted by atomic mass is 35.5. The third-order valence-electron chi connectivity index (χ3n) is 6.66. The topological polar surface area (TPSA) is 64.7 Å². The average molecular weight is 425 g/mol. The molecule has 164 valence electrons. The molecule has 0 saturated heterocycles. The monoisotopic (exact) mass is 424 g/mol. The number of hydrogen-bond acceptors (Lipinski definition) is 6. The summed E-state index contributed by atoms with van der Waals surface area (Å²) in [7, 11) is 8.49. The molecule has 3 aliphatic carbocycles. The number of nitrogens with one attached hydrogen (secondary N) is 2. The Balaban J connectivity index is 0.00000300. The normalized spacial score (nSPS) is 30.6. The molecule has 0 radical (unpaired) electrons. The van der Waals surface area contributed by atoms with Crippen molar-refractivity contribution in [3.63, 3.8) is 0 Å². The molecular formula is C22H37ClN4O2. The summed E-state index contributed by atoms with van der Waals surface area (Å²) >= 11 is 0. The summed E-state index contributed by atoms with van der Waals surface area (Å²) in [6, 6.07) is 1.80. The highest BCUT2D eigenvalue weighted by Crippen LogP contribution is 2.24. The molecule has 6 nitrogen and oxygen atoms in total. The van der Waals surface area contributed by atoms with Crippen molar-refractivity contribution in [2.45, 2.75) is 75.5 Å². The Bertz CT molecular complexity index is 587. The second kappa shape index (κ2) is 10.6. The molecule has 2 N–H and O–H groups in total. The van der Waals surface area contributed by atoms with Gasteiger partial charge in [-0.05, 0) is 79.6 Å². The fourth-order valence-electron chi connectivity index (χ4n) is 4.70. The van der Waals surface area contributed by atoms with Gasteiger partial charge in [-0.25, -0.2) is 0 Å². The van der Waals surface area contributed by atoms with Crippen molar-refractivity contribution in [3.05, 3.63) is 23.5 Å². The van der Waals surface area contributed by atoms with E-state index in [1.54, 1.807) is 0 Å². The van der Waals surface area contributed by atoms with Crippen LogP contribution in [-0.4, -0.2) is 73.7 Å². The van der Waals surface area contributed by atoms with Gasteiger partial charge in [-0.3, -0.25) is 9.59 Å². The minimum Gasteiger partial charge on any atom is -0.379 e. The largest absolute Gasteiger partial charge is 0.379 e. The Morgan fingerprint density at radius 3 is 1.24 bits per heavy atom. The molecule has 0 heterocycles. The minimum absolute atomic E-state index is 0. The van der Waals surface area contributed by atoms with Gasteiger partial charge < -0.3 is 20.4 Å². The van der Waals surface area contributed by atoms with Crippen molar-refractivity contribution in [2.75, 3.05) is 28.2 Å². The Kier molecular flexibility index (Phi) is 8.73. The lowest BCUT2D eigenvalue weighted by molar-refractivity contribution is -0.115. The number of rotatable bonds is 6. The van der Waals surface area contributed by atoms with Crippen molar-refractivity contribution in [3.8, 4) is 0 Å². The molecule has 0 aromatic rings. The molecule has 2 fully saturated rings. The predicted octanol–water partition coefficient (Wildman–Crippen LogP) is 2.25. The molecular weight excluding hydrogens is 388 g/mol. The van der Waals surface area contributed by atoms with Crippen molar-refractivity contribution in [1.82, 2.24) is 20.4 Å². The summed E-state index contributed by atoms with van der Waals surface area (Å²) in [5.74, 6) is -0.169. The number of ketones is 2. The Morgan fingerprint density at radius 1 is 0.655 bits per heavy atom. The Morgan fingerprint density at radius 2 is 0.966 bits per heavy atom. The fourth-order valence-corrected chi connectivity index (χ4v) is 4.70. The van der Waals surface area contributed by atoms with E-state index in [0.717, 1.165) is 51.4 Å². The maximum atomic E-state index is 12.6. The quantitative estimate of drug-likeness (QED) is 0.637. The molecule has 3 rings (SSSR count). The molecule has 7 heteroatoms. The molecule has 0 amide bonds. The number of nitrogens with zero attached hydrogens (tertiary/aromatic N) is 2. The van der Waals surface area contributed by atoms with Crippen molar-refractivity contribution < 1.29 is 9.59 Å². The number of carbonyl (C=O) groups excluding carboxylic acids is 2. The summed E-state index contributed by atoms with van der Waals surface area (Å²) in [6.45, 7) is 0. The van der Waals surface area contributed by atoms with E-state index in [0.29, 0.717) is 23.5 Å². The van der Waals surface area contributed by atoms with Crippen LogP contribution < -0.4 is 10.6 Å². The van der Waals surface area contributed by atoms with Gasteiger partial charge in [0.1, 0.15) is 0 Å². The van der Waals surface area contributed by atoms with E-state index in [1.807, 2.05) is 0 Å². The van der Waals surface area contributed by atoms with Crippen molar-refractivity contribution in [2.24, 2.45) is 0 Å². The standard InChI is InChI=1S/C22H36N4O2.ClH/c1-25(2)17-9-5-15(6-10-17)23-19-13-22(28)20(14-21(19)27)24-16-7-11-18(12-8-16)26(3)4;/h13-18,23-24H,5-12H2,1-4H3;1H. The van der Waals surface area contributed by atoms with Gasteiger partial charge in [-0.15, -0.1) is 12.4 Å². The number of hydrogen-bond donors (Lipinski definition) is 2. The van der Waals surface area contributed by atoms with Crippen molar-refractivity contribution >= 4 is 24.0 Å². The van der Waals surface area contributed by atoms with Gasteiger partial charge >= 0.3 is 0 Å². The van der Waals surface area contributed by atoms with Crippen LogP contribution in [0, 0.1) is 0 Å². The first-order valence-electron chi connectivity index (χ1n) is 10.7. The summed E-state index contributed by atoms with van der Waals surface area (Å²) in [5.41, 5.74) is 0.917. The van der Waals surface area contributed by atoms with Crippen LogP contribution in [0.1, 0.15) is 51.4 Å². The Labute approximate surface area is 181 Å². The van der Waals surface area contributed by atoms with E-state index in [4.69, 9.17) is 0 Å². The van der Waals surface area contributed by atoms with Gasteiger partial charge in [-0.2, -0.15) is 0 Å². The minimum atomic E-state index is -0.0844. The fraction of sp³-hybridized carbons (Fsp3) is 0.727. The molecule has 0 aromatic carbocycles. The molecule has 0 spiro atoms. The summed E-state index contributed by atoms with van der Waals surface area (Å²) in [6.07, 6.45) is 11.6. The predicted molar refractivity (Wildman–Crippen MR) is 119 cm³/mol. The molecule has 29 heavy (non-hydrogen) atoms. The van der Waals surface area contributed by atoms with Crippen LogP contribution in [0.5, 0.6) is 0 Å². The lowest BCUT2D eigenvalue weighted by Crippen LogP contribution is -2.42. The SMILES string of the molecule is CN(C)C1CCC(NC2=CC(=O)C(NC3CCC(N(C)C)CC3)=CC2=O)CC1.Cl. The van der Waals surface area contributed by atoms with E-state index < -0.39 is 0 Å². The van der Waals surface area contributed by atoms with E-state index >= 15 is 0 Å². The zero-order valence-electron chi connectivity index (χ0n) is 18.2. The molecule has 2 saturated carbocycles. The van der Waals surface area contributed by atoms with Crippen LogP contribution in [-0.2, 0) is 9.59 Å². The molecule has 0 aliphatic heterocycles. The smallest absolute Gasteiger partial charge is 0.203 e. The van der Waals surface area contributed by atoms with E-state index in [2.05, 4.69) is 48.6 Å². The van der Waals surface area contributed by atoms with Gasteiger partial charge in [0, 0.05) is 36.3 Å². The third-order valence-corrected chi connectivity index (χ3v) is 6.66. The Hall–Kier alpha value is -1.37. The van der Waals surface area contributed by atoms with Crippen LogP contribution in [0.2, 0.25) is 0 Å². The average Bonchev–Trinajstić information content (AvgIpc) is 2.66. The first-order chi connectivity index (χ1) is 13.3. The van der Waals surface area contributed by atoms with Gasteiger partial charge in [0.05, 0.1) is 11.4 Å². The van der Waals surface area contributed by atoms with Crippen LogP contribution in [0.15, 0.2) is 23.5 Å². The second-order valence-electron chi connectivity index (χ2n) is 9.07. The van der Waals surface area contributed by atoms with E-state index in [-0.39, 0.29) is 36.1 Å². The number of halogens is 1. The zero-order chi connectivity index (χ0) is 20.3. The van der Waals surface area contributed by atoms with Crippen molar-refractivity contribution in [1.29, 1.82) is 0 Å². The third kappa shape index (κ3) is 6.30. The van der Waals surface area contributed by atoms with E-state index in [1.165, 1.54) is 12.2 Å². The van der Waals surface area contributed by atoms with Gasteiger partial charge in [-0.1, -0.05) is 0 Å². The number of allylic oxidation sites excluding steroid dienone is 2. The summed E-state index contributed by atoms with van der Waals surface area (Å²) in [4.78, 5) is 29.7. The zero-order valence-corrected chi connectivity index (χ0v) is 19.1.